The molecule has 0 bridgehead atoms. The molecule has 7 heteroatoms. The van der Waals surface area contributed by atoms with Crippen molar-refractivity contribution in [3.63, 3.8) is 0 Å². The number of rotatable bonds is 3. The van der Waals surface area contributed by atoms with Crippen LogP contribution in [-0.2, 0) is 14.3 Å². The summed E-state index contributed by atoms with van der Waals surface area (Å²) in [5.74, 6) is 0.177. The highest BCUT2D eigenvalue weighted by Gasteiger charge is 2.23. The van der Waals surface area contributed by atoms with E-state index in [0.717, 1.165) is 12.8 Å². The van der Waals surface area contributed by atoms with Crippen molar-refractivity contribution in [3.8, 4) is 0 Å². The van der Waals surface area contributed by atoms with Crippen LogP contribution in [0.5, 0.6) is 0 Å². The highest BCUT2D eigenvalue weighted by atomic mass is 16.6. The number of pyridine rings is 1. The quantitative estimate of drug-likeness (QED) is 0.895. The molecule has 1 saturated heterocycles. The van der Waals surface area contributed by atoms with E-state index in [9.17, 15) is 9.59 Å². The molecule has 1 aliphatic rings. The summed E-state index contributed by atoms with van der Waals surface area (Å²) in [7, 11) is 0. The number of hydrogen-bond acceptors (Lipinski definition) is 5. The normalized spacial score (nSPS) is 17.9. The van der Waals surface area contributed by atoms with E-state index in [2.05, 4.69) is 15.6 Å². The zero-order chi connectivity index (χ0) is 16.2. The van der Waals surface area contributed by atoms with E-state index >= 15 is 0 Å². The van der Waals surface area contributed by atoms with Gasteiger partial charge in [0, 0.05) is 6.61 Å². The number of amides is 2. The zero-order valence-corrected chi connectivity index (χ0v) is 13.0. The lowest BCUT2D eigenvalue weighted by Crippen LogP contribution is -2.28. The monoisotopic (exact) mass is 307 g/mol. The third-order valence-corrected chi connectivity index (χ3v) is 2.88. The van der Waals surface area contributed by atoms with Gasteiger partial charge in [-0.2, -0.15) is 0 Å². The van der Waals surface area contributed by atoms with Gasteiger partial charge in [-0.15, -0.1) is 0 Å². The second kappa shape index (κ2) is 6.74. The van der Waals surface area contributed by atoms with Crippen molar-refractivity contribution in [1.82, 2.24) is 4.98 Å². The molecule has 0 saturated carbocycles. The van der Waals surface area contributed by atoms with E-state index in [1.807, 2.05) is 0 Å². The maximum absolute atomic E-state index is 11.9. The van der Waals surface area contributed by atoms with Gasteiger partial charge in [-0.1, -0.05) is 0 Å². The summed E-state index contributed by atoms with van der Waals surface area (Å²) < 4.78 is 10.4. The molecule has 1 aliphatic heterocycles. The van der Waals surface area contributed by atoms with Crippen LogP contribution < -0.4 is 10.6 Å². The number of carbonyl (C=O) groups is 2. The molecule has 2 heterocycles. The molecule has 1 aromatic heterocycles. The first-order valence-corrected chi connectivity index (χ1v) is 7.22. The Morgan fingerprint density at radius 2 is 2.09 bits per heavy atom. The van der Waals surface area contributed by atoms with Crippen LogP contribution in [0.1, 0.15) is 33.6 Å². The van der Waals surface area contributed by atoms with E-state index in [1.54, 1.807) is 32.9 Å². The van der Waals surface area contributed by atoms with Gasteiger partial charge in [0.1, 0.15) is 17.5 Å². The Kier molecular flexibility index (Phi) is 4.97. The lowest BCUT2D eigenvalue weighted by molar-refractivity contribution is -0.124. The second-order valence-corrected chi connectivity index (χ2v) is 6.05. The molecule has 7 nitrogen and oxygen atoms in total. The van der Waals surface area contributed by atoms with Crippen LogP contribution in [0.15, 0.2) is 18.3 Å². The summed E-state index contributed by atoms with van der Waals surface area (Å²) >= 11 is 0. The molecule has 22 heavy (non-hydrogen) atoms. The molecule has 2 amide bonds. The number of ether oxygens (including phenoxy) is 2. The molecular weight excluding hydrogens is 286 g/mol. The lowest BCUT2D eigenvalue weighted by atomic mass is 10.2. The van der Waals surface area contributed by atoms with Gasteiger partial charge in [-0.05, 0) is 45.7 Å². The molecule has 1 atom stereocenters. The van der Waals surface area contributed by atoms with E-state index in [4.69, 9.17) is 9.47 Å². The van der Waals surface area contributed by atoms with Crippen molar-refractivity contribution >= 4 is 23.5 Å². The Labute approximate surface area is 129 Å². The molecular formula is C15H21N3O4. The minimum absolute atomic E-state index is 0.174. The van der Waals surface area contributed by atoms with Crippen molar-refractivity contribution in [2.75, 3.05) is 17.2 Å². The predicted octanol–water partition coefficient (Wildman–Crippen LogP) is 2.55. The molecule has 120 valence electrons. The van der Waals surface area contributed by atoms with Gasteiger partial charge < -0.3 is 14.8 Å². The van der Waals surface area contributed by atoms with Crippen molar-refractivity contribution in [2.24, 2.45) is 0 Å². The van der Waals surface area contributed by atoms with Crippen LogP contribution in [0, 0.1) is 0 Å². The van der Waals surface area contributed by atoms with Crippen molar-refractivity contribution in [2.45, 2.75) is 45.3 Å². The van der Waals surface area contributed by atoms with Crippen LogP contribution >= 0.6 is 0 Å². The van der Waals surface area contributed by atoms with Crippen LogP contribution in [0.3, 0.4) is 0 Å². The van der Waals surface area contributed by atoms with Crippen LogP contribution in [-0.4, -0.2) is 35.3 Å². The fraction of sp³-hybridized carbons (Fsp3) is 0.533. The number of nitrogens with zero attached hydrogens (tertiary/aromatic N) is 1. The van der Waals surface area contributed by atoms with Gasteiger partial charge in [0.05, 0.1) is 11.9 Å². The predicted molar refractivity (Wildman–Crippen MR) is 81.7 cm³/mol. The fourth-order valence-electron chi connectivity index (χ4n) is 1.96. The summed E-state index contributed by atoms with van der Waals surface area (Å²) in [6.07, 6.45) is 2.14. The molecule has 2 rings (SSSR count). The first kappa shape index (κ1) is 16.2. The fourth-order valence-corrected chi connectivity index (χ4v) is 1.96. The number of anilines is 2. The summed E-state index contributed by atoms with van der Waals surface area (Å²) in [5.41, 5.74) is -0.0190. The minimum atomic E-state index is -0.573. The van der Waals surface area contributed by atoms with Gasteiger partial charge in [0.15, 0.2) is 0 Å². The maximum Gasteiger partial charge on any atom is 0.413 e. The third-order valence-electron chi connectivity index (χ3n) is 2.88. The van der Waals surface area contributed by atoms with E-state index in [0.29, 0.717) is 18.1 Å². The Morgan fingerprint density at radius 3 is 2.64 bits per heavy atom. The lowest BCUT2D eigenvalue weighted by Gasteiger charge is -2.19. The SMILES string of the molecule is CC(C)(C)OC(=O)Nc1ccc(NC(=O)[C@H]2CCCO2)cn1. The number of aromatic nitrogens is 1. The van der Waals surface area contributed by atoms with E-state index < -0.39 is 11.7 Å². The summed E-state index contributed by atoms with van der Waals surface area (Å²) in [6, 6.07) is 3.25. The van der Waals surface area contributed by atoms with Crippen molar-refractivity contribution in [3.05, 3.63) is 18.3 Å². The van der Waals surface area contributed by atoms with Crippen LogP contribution in [0.2, 0.25) is 0 Å². The Balaban J connectivity index is 1.87. The van der Waals surface area contributed by atoms with Crippen molar-refractivity contribution in [1.29, 1.82) is 0 Å². The first-order chi connectivity index (χ1) is 10.3. The minimum Gasteiger partial charge on any atom is -0.444 e. The molecule has 0 radical (unpaired) electrons. The molecule has 0 aromatic carbocycles. The maximum atomic E-state index is 11.9. The summed E-state index contributed by atoms with van der Waals surface area (Å²) in [4.78, 5) is 27.5. The standard InChI is InChI=1S/C15H21N3O4/c1-15(2,3)22-14(20)18-12-7-6-10(9-16-12)17-13(19)11-5-4-8-21-11/h6-7,9,11H,4-5,8H2,1-3H3,(H,17,19)(H,16,18,20)/t11-/m1/s1. The molecule has 0 aliphatic carbocycles. The van der Waals surface area contributed by atoms with Gasteiger partial charge >= 0.3 is 6.09 Å². The average molecular weight is 307 g/mol. The number of nitrogens with one attached hydrogen (secondary N) is 2. The third kappa shape index (κ3) is 5.00. The molecule has 2 N–H and O–H groups in total. The van der Waals surface area contributed by atoms with Crippen LogP contribution in [0.25, 0.3) is 0 Å². The first-order valence-electron chi connectivity index (χ1n) is 7.22. The summed E-state index contributed by atoms with van der Waals surface area (Å²) in [6.45, 7) is 5.96. The Hall–Kier alpha value is -2.15. The number of hydrogen-bond donors (Lipinski definition) is 2. The molecule has 1 fully saturated rings. The summed E-state index contributed by atoms with van der Waals surface area (Å²) in [5, 5.41) is 5.26. The van der Waals surface area contributed by atoms with Gasteiger partial charge in [0.25, 0.3) is 5.91 Å². The Bertz CT molecular complexity index is 531. The average Bonchev–Trinajstić information content (AvgIpc) is 2.92. The van der Waals surface area contributed by atoms with Crippen LogP contribution in [0.4, 0.5) is 16.3 Å². The molecule has 0 spiro atoms. The smallest absolute Gasteiger partial charge is 0.413 e. The van der Waals surface area contributed by atoms with Gasteiger partial charge in [-0.25, -0.2) is 9.78 Å². The molecule has 1 aromatic rings. The van der Waals surface area contributed by atoms with E-state index in [-0.39, 0.29) is 12.0 Å². The van der Waals surface area contributed by atoms with E-state index in [1.165, 1.54) is 6.20 Å². The molecule has 0 unspecified atom stereocenters. The highest BCUT2D eigenvalue weighted by Crippen LogP contribution is 2.16. The van der Waals surface area contributed by atoms with Crippen molar-refractivity contribution < 1.29 is 19.1 Å². The topological polar surface area (TPSA) is 89.6 Å². The number of carbonyl (C=O) groups excluding carboxylic acids is 2. The Morgan fingerprint density at radius 1 is 1.32 bits per heavy atom. The van der Waals surface area contributed by atoms with Gasteiger partial charge in [0.2, 0.25) is 0 Å². The van der Waals surface area contributed by atoms with Gasteiger partial charge in [-0.3, -0.25) is 10.1 Å². The zero-order valence-electron chi connectivity index (χ0n) is 13.0. The highest BCUT2D eigenvalue weighted by molar-refractivity contribution is 5.94. The second-order valence-electron chi connectivity index (χ2n) is 6.05. The largest absolute Gasteiger partial charge is 0.444 e.